The highest BCUT2D eigenvalue weighted by Gasteiger charge is 2.38. The van der Waals surface area contributed by atoms with E-state index in [0.29, 0.717) is 24.8 Å². The van der Waals surface area contributed by atoms with Gasteiger partial charge in [-0.25, -0.2) is 9.97 Å². The van der Waals surface area contributed by atoms with Crippen molar-refractivity contribution >= 4 is 17.2 Å². The summed E-state index contributed by atoms with van der Waals surface area (Å²) in [4.78, 5) is 23.8. The standard InChI is InChI=1S/C26H33N5O2/c1-4-16(2)26(3,33)19-8-5-17(6-9-19)22-23-24(27)28-13-14-30(23)25(29-22)18-7-10-20-11-12-21(32)31(20)15-18/h5-6,8-9,13-14,16,18,20,33H,4,7,10-12,15H2,1-3H3,(H2,27,28)/t16?,18-,20+,26?/m1/s1. The van der Waals surface area contributed by atoms with E-state index in [-0.39, 0.29) is 17.7 Å². The number of fused-ring (bicyclic) bond motifs is 2. The lowest BCUT2D eigenvalue weighted by molar-refractivity contribution is -0.130. The Morgan fingerprint density at radius 3 is 2.73 bits per heavy atom. The van der Waals surface area contributed by atoms with Crippen LogP contribution in [0.5, 0.6) is 0 Å². The fourth-order valence-corrected chi connectivity index (χ4v) is 5.50. The van der Waals surface area contributed by atoms with Crippen molar-refractivity contribution in [2.45, 2.75) is 70.4 Å². The molecule has 2 unspecified atom stereocenters. The summed E-state index contributed by atoms with van der Waals surface area (Å²) in [5.74, 6) is 1.94. The van der Waals surface area contributed by atoms with Gasteiger partial charge in [0.25, 0.3) is 0 Å². The molecule has 3 N–H and O–H groups in total. The van der Waals surface area contributed by atoms with E-state index in [0.717, 1.165) is 53.8 Å². The molecule has 0 saturated carbocycles. The molecule has 7 nitrogen and oxygen atoms in total. The molecular formula is C26H33N5O2. The highest BCUT2D eigenvalue weighted by atomic mass is 16.3. The number of imidazole rings is 1. The SMILES string of the molecule is CCC(C)C(C)(O)c1ccc(-c2nc([C@@H]3CC[C@H]4CCC(=O)N4C3)n3ccnc(N)c23)cc1. The molecule has 1 amide bonds. The van der Waals surface area contributed by atoms with E-state index in [2.05, 4.69) is 18.8 Å². The second kappa shape index (κ2) is 8.13. The number of nitrogen functional groups attached to an aromatic ring is 1. The third-order valence-corrected chi connectivity index (χ3v) is 8.01. The minimum atomic E-state index is -0.893. The van der Waals surface area contributed by atoms with Gasteiger partial charge in [-0.1, -0.05) is 44.5 Å². The number of piperidine rings is 1. The number of nitrogens with two attached hydrogens (primary N) is 1. The normalized spacial score (nSPS) is 23.5. The number of amides is 1. The summed E-state index contributed by atoms with van der Waals surface area (Å²) in [5, 5.41) is 11.0. The number of nitrogens with zero attached hydrogens (tertiary/aromatic N) is 4. The maximum atomic E-state index is 12.4. The Kier molecular flexibility index (Phi) is 5.40. The maximum Gasteiger partial charge on any atom is 0.222 e. The van der Waals surface area contributed by atoms with Crippen molar-refractivity contribution < 1.29 is 9.90 Å². The van der Waals surface area contributed by atoms with Gasteiger partial charge in [0.15, 0.2) is 0 Å². The number of benzene rings is 1. The Labute approximate surface area is 194 Å². The summed E-state index contributed by atoms with van der Waals surface area (Å²) < 4.78 is 2.05. The third kappa shape index (κ3) is 3.59. The number of carbonyl (C=O) groups excluding carboxylic acids is 1. The monoisotopic (exact) mass is 447 g/mol. The van der Waals surface area contributed by atoms with Gasteiger partial charge < -0.3 is 15.7 Å². The van der Waals surface area contributed by atoms with E-state index >= 15 is 0 Å². The Morgan fingerprint density at radius 2 is 2.00 bits per heavy atom. The second-order valence-electron chi connectivity index (χ2n) is 9.90. The fourth-order valence-electron chi connectivity index (χ4n) is 5.50. The number of rotatable bonds is 5. The molecule has 4 atom stereocenters. The van der Waals surface area contributed by atoms with Crippen molar-refractivity contribution in [1.82, 2.24) is 19.3 Å². The molecule has 2 fully saturated rings. The topological polar surface area (TPSA) is 96.8 Å². The second-order valence-corrected chi connectivity index (χ2v) is 9.90. The molecular weight excluding hydrogens is 414 g/mol. The Bertz CT molecular complexity index is 1180. The molecule has 5 rings (SSSR count). The van der Waals surface area contributed by atoms with Crippen molar-refractivity contribution in [2.24, 2.45) is 5.92 Å². The number of anilines is 1. The molecule has 33 heavy (non-hydrogen) atoms. The van der Waals surface area contributed by atoms with E-state index < -0.39 is 5.60 Å². The first-order valence-corrected chi connectivity index (χ1v) is 12.1. The fraction of sp³-hybridized carbons (Fsp3) is 0.500. The zero-order valence-corrected chi connectivity index (χ0v) is 19.7. The lowest BCUT2D eigenvalue weighted by atomic mass is 9.82. The average Bonchev–Trinajstić information content (AvgIpc) is 3.40. The van der Waals surface area contributed by atoms with Gasteiger partial charge in [0.05, 0.1) is 5.60 Å². The zero-order valence-electron chi connectivity index (χ0n) is 19.7. The van der Waals surface area contributed by atoms with Crippen LogP contribution in [0.4, 0.5) is 5.82 Å². The highest BCUT2D eigenvalue weighted by molar-refractivity contribution is 5.85. The molecule has 1 aromatic carbocycles. The van der Waals surface area contributed by atoms with Crippen molar-refractivity contribution in [2.75, 3.05) is 12.3 Å². The number of carbonyl (C=O) groups is 1. The average molecular weight is 448 g/mol. The van der Waals surface area contributed by atoms with E-state index in [1.165, 1.54) is 0 Å². The molecule has 2 aliphatic rings. The van der Waals surface area contributed by atoms with Crippen LogP contribution in [0, 0.1) is 5.92 Å². The van der Waals surface area contributed by atoms with Crippen LogP contribution >= 0.6 is 0 Å². The molecule has 3 aromatic rings. The number of aliphatic hydroxyl groups is 1. The molecule has 4 heterocycles. The minimum absolute atomic E-state index is 0.145. The van der Waals surface area contributed by atoms with Gasteiger partial charge in [-0.3, -0.25) is 9.20 Å². The van der Waals surface area contributed by atoms with E-state index in [1.807, 2.05) is 46.7 Å². The summed E-state index contributed by atoms with van der Waals surface area (Å²) >= 11 is 0. The maximum absolute atomic E-state index is 12.4. The van der Waals surface area contributed by atoms with Crippen LogP contribution in [-0.4, -0.2) is 42.9 Å². The summed E-state index contributed by atoms with van der Waals surface area (Å²) in [7, 11) is 0. The van der Waals surface area contributed by atoms with Gasteiger partial charge in [-0.2, -0.15) is 0 Å². The van der Waals surface area contributed by atoms with E-state index in [9.17, 15) is 9.90 Å². The molecule has 0 aliphatic carbocycles. The molecule has 0 radical (unpaired) electrons. The first kappa shape index (κ1) is 21.9. The summed E-state index contributed by atoms with van der Waals surface area (Å²) in [6.45, 7) is 6.74. The number of hydrogen-bond acceptors (Lipinski definition) is 5. The van der Waals surface area contributed by atoms with Crippen LogP contribution in [0.2, 0.25) is 0 Å². The van der Waals surface area contributed by atoms with Crippen molar-refractivity contribution in [3.05, 3.63) is 48.0 Å². The highest BCUT2D eigenvalue weighted by Crippen LogP contribution is 2.38. The van der Waals surface area contributed by atoms with Crippen LogP contribution < -0.4 is 5.73 Å². The predicted octanol–water partition coefficient (Wildman–Crippen LogP) is 4.10. The van der Waals surface area contributed by atoms with Crippen LogP contribution in [0.25, 0.3) is 16.8 Å². The Balaban J connectivity index is 1.54. The quantitative estimate of drug-likeness (QED) is 0.614. The molecule has 2 aromatic heterocycles. The van der Waals surface area contributed by atoms with Gasteiger partial charge in [-0.15, -0.1) is 0 Å². The predicted molar refractivity (Wildman–Crippen MR) is 129 cm³/mol. The molecule has 174 valence electrons. The van der Waals surface area contributed by atoms with Gasteiger partial charge in [-0.05, 0) is 37.7 Å². The summed E-state index contributed by atoms with van der Waals surface area (Å²) in [6.07, 6.45) is 8.17. The largest absolute Gasteiger partial charge is 0.385 e. The zero-order chi connectivity index (χ0) is 23.3. The molecule has 0 bridgehead atoms. The lowest BCUT2D eigenvalue weighted by Gasteiger charge is -2.34. The summed E-state index contributed by atoms with van der Waals surface area (Å²) in [5.41, 5.74) is 8.85. The van der Waals surface area contributed by atoms with Gasteiger partial charge in [0, 0.05) is 42.9 Å². The first-order valence-electron chi connectivity index (χ1n) is 12.1. The van der Waals surface area contributed by atoms with E-state index in [4.69, 9.17) is 10.7 Å². The minimum Gasteiger partial charge on any atom is -0.385 e. The van der Waals surface area contributed by atoms with Crippen LogP contribution in [0.1, 0.15) is 70.2 Å². The number of hydrogen-bond donors (Lipinski definition) is 2. The lowest BCUT2D eigenvalue weighted by Crippen LogP contribution is -2.41. The number of aromatic nitrogens is 3. The van der Waals surface area contributed by atoms with Crippen molar-refractivity contribution in [1.29, 1.82) is 0 Å². The smallest absolute Gasteiger partial charge is 0.222 e. The van der Waals surface area contributed by atoms with Gasteiger partial charge >= 0.3 is 0 Å². The first-order chi connectivity index (χ1) is 15.8. The van der Waals surface area contributed by atoms with Crippen LogP contribution in [-0.2, 0) is 10.4 Å². The van der Waals surface area contributed by atoms with E-state index in [1.54, 1.807) is 6.20 Å². The molecule has 2 saturated heterocycles. The van der Waals surface area contributed by atoms with Gasteiger partial charge in [0.1, 0.15) is 22.9 Å². The van der Waals surface area contributed by atoms with Crippen molar-refractivity contribution in [3.63, 3.8) is 0 Å². The van der Waals surface area contributed by atoms with Crippen molar-refractivity contribution in [3.8, 4) is 11.3 Å². The molecule has 0 spiro atoms. The van der Waals surface area contributed by atoms with Gasteiger partial charge in [0.2, 0.25) is 5.91 Å². The van der Waals surface area contributed by atoms with Crippen LogP contribution in [0.3, 0.4) is 0 Å². The Hall–Kier alpha value is -2.93. The molecule has 2 aliphatic heterocycles. The molecule has 7 heteroatoms. The summed E-state index contributed by atoms with van der Waals surface area (Å²) in [6, 6.07) is 8.36. The Morgan fingerprint density at radius 1 is 1.24 bits per heavy atom. The third-order valence-electron chi connectivity index (χ3n) is 8.01. The van der Waals surface area contributed by atoms with Crippen LogP contribution in [0.15, 0.2) is 36.7 Å².